The Hall–Kier alpha value is -2.54. The summed E-state index contributed by atoms with van der Waals surface area (Å²) in [5.41, 5.74) is -1.51. The summed E-state index contributed by atoms with van der Waals surface area (Å²) >= 11 is 0.808. The molecule has 0 fully saturated rings. The van der Waals surface area contributed by atoms with E-state index in [2.05, 4.69) is 15.4 Å². The van der Waals surface area contributed by atoms with Crippen molar-refractivity contribution in [1.82, 2.24) is 14.8 Å². The molecule has 2 heterocycles. The standard InChI is InChI=1S/C17H18F3N5OS/c1-9(2)25-14(5-6-22-25)24-15(26)11(4)27-16-12(8-21)13(17(18,19)20)7-10(3)23-16/h5-7,9,11H,1-4H3,(H,24,26). The van der Waals surface area contributed by atoms with Gasteiger partial charge in [0.05, 0.1) is 22.6 Å². The Morgan fingerprint density at radius 1 is 1.37 bits per heavy atom. The van der Waals surface area contributed by atoms with Gasteiger partial charge in [-0.1, -0.05) is 11.8 Å². The van der Waals surface area contributed by atoms with Gasteiger partial charge in [-0.25, -0.2) is 9.67 Å². The second kappa shape index (κ2) is 8.00. The van der Waals surface area contributed by atoms with Crippen LogP contribution in [0.3, 0.4) is 0 Å². The fraction of sp³-hybridized carbons (Fsp3) is 0.412. The summed E-state index contributed by atoms with van der Waals surface area (Å²) in [4.78, 5) is 16.5. The molecule has 2 aromatic rings. The average molecular weight is 397 g/mol. The zero-order valence-electron chi connectivity index (χ0n) is 15.1. The van der Waals surface area contributed by atoms with Crippen LogP contribution in [-0.2, 0) is 11.0 Å². The fourth-order valence-corrected chi connectivity index (χ4v) is 3.31. The summed E-state index contributed by atoms with van der Waals surface area (Å²) in [6.07, 6.45) is -3.14. The maximum absolute atomic E-state index is 13.2. The van der Waals surface area contributed by atoms with Crippen LogP contribution in [0.1, 0.15) is 43.6 Å². The van der Waals surface area contributed by atoms with E-state index >= 15 is 0 Å². The second-order valence-corrected chi connectivity index (χ2v) is 7.43. The predicted molar refractivity (Wildman–Crippen MR) is 95.3 cm³/mol. The van der Waals surface area contributed by atoms with E-state index in [0.717, 1.165) is 17.8 Å². The van der Waals surface area contributed by atoms with E-state index in [0.29, 0.717) is 5.82 Å². The van der Waals surface area contributed by atoms with Gasteiger partial charge in [0.25, 0.3) is 0 Å². The quantitative estimate of drug-likeness (QED) is 0.766. The Balaban J connectivity index is 2.26. The van der Waals surface area contributed by atoms with E-state index in [1.165, 1.54) is 13.8 Å². The van der Waals surface area contributed by atoms with Crippen molar-refractivity contribution in [2.45, 2.75) is 50.2 Å². The highest BCUT2D eigenvalue weighted by Gasteiger charge is 2.36. The Kier molecular flexibility index (Phi) is 6.15. The average Bonchev–Trinajstić information content (AvgIpc) is 3.01. The first-order chi connectivity index (χ1) is 12.5. The van der Waals surface area contributed by atoms with Crippen LogP contribution in [0.5, 0.6) is 0 Å². The molecule has 0 spiro atoms. The zero-order chi connectivity index (χ0) is 20.4. The third-order valence-corrected chi connectivity index (χ3v) is 4.69. The number of nitrogens with zero attached hydrogens (tertiary/aromatic N) is 4. The number of anilines is 1. The molecule has 1 unspecified atom stereocenters. The number of nitrogens with one attached hydrogen (secondary N) is 1. The van der Waals surface area contributed by atoms with Gasteiger partial charge in [-0.15, -0.1) is 0 Å². The molecule has 0 radical (unpaired) electrons. The molecule has 2 rings (SSSR count). The van der Waals surface area contributed by atoms with Gasteiger partial charge in [0, 0.05) is 17.8 Å². The molecule has 10 heteroatoms. The van der Waals surface area contributed by atoms with E-state index in [1.54, 1.807) is 23.0 Å². The molecule has 1 atom stereocenters. The number of amides is 1. The first-order valence-corrected chi connectivity index (χ1v) is 8.92. The van der Waals surface area contributed by atoms with Crippen LogP contribution in [0.4, 0.5) is 19.0 Å². The number of thioether (sulfide) groups is 1. The summed E-state index contributed by atoms with van der Waals surface area (Å²) in [6, 6.07) is 4.04. The van der Waals surface area contributed by atoms with E-state index in [9.17, 15) is 23.2 Å². The second-order valence-electron chi connectivity index (χ2n) is 6.11. The van der Waals surface area contributed by atoms with E-state index in [-0.39, 0.29) is 16.8 Å². The zero-order valence-corrected chi connectivity index (χ0v) is 15.9. The number of carbonyl (C=O) groups excluding carboxylic acids is 1. The highest BCUT2D eigenvalue weighted by atomic mass is 32.2. The van der Waals surface area contributed by atoms with Crippen molar-refractivity contribution in [3.63, 3.8) is 0 Å². The van der Waals surface area contributed by atoms with E-state index < -0.39 is 28.5 Å². The summed E-state index contributed by atoms with van der Waals surface area (Å²) in [5, 5.41) is 15.1. The minimum Gasteiger partial charge on any atom is -0.310 e. The summed E-state index contributed by atoms with van der Waals surface area (Å²) in [5.74, 6) is 0.0549. The lowest BCUT2D eigenvalue weighted by molar-refractivity contribution is -0.138. The van der Waals surface area contributed by atoms with Crippen LogP contribution in [0, 0.1) is 18.3 Å². The number of pyridine rings is 1. The molecule has 1 amide bonds. The molecule has 2 aromatic heterocycles. The van der Waals surface area contributed by atoms with Crippen molar-refractivity contribution in [2.24, 2.45) is 0 Å². The Morgan fingerprint density at radius 3 is 2.59 bits per heavy atom. The first-order valence-electron chi connectivity index (χ1n) is 8.04. The van der Waals surface area contributed by atoms with Crippen molar-refractivity contribution < 1.29 is 18.0 Å². The molecule has 1 N–H and O–H groups in total. The topological polar surface area (TPSA) is 83.6 Å². The molecule has 0 aliphatic rings. The Morgan fingerprint density at radius 2 is 2.04 bits per heavy atom. The number of carbonyl (C=O) groups is 1. The van der Waals surface area contributed by atoms with Crippen molar-refractivity contribution >= 4 is 23.5 Å². The fourth-order valence-electron chi connectivity index (χ4n) is 2.34. The molecule has 0 aliphatic carbocycles. The predicted octanol–water partition coefficient (Wildman–Crippen LogP) is 4.18. The lowest BCUT2D eigenvalue weighted by Gasteiger charge is -2.17. The van der Waals surface area contributed by atoms with Gasteiger partial charge in [0.15, 0.2) is 0 Å². The third kappa shape index (κ3) is 4.80. The number of aromatic nitrogens is 3. The summed E-state index contributed by atoms with van der Waals surface area (Å²) < 4.78 is 41.2. The van der Waals surface area contributed by atoms with E-state index in [1.807, 2.05) is 13.8 Å². The normalized spacial score (nSPS) is 12.7. The van der Waals surface area contributed by atoms with Crippen LogP contribution < -0.4 is 5.32 Å². The van der Waals surface area contributed by atoms with Crippen molar-refractivity contribution in [3.8, 4) is 6.07 Å². The molecular weight excluding hydrogens is 379 g/mol. The molecule has 0 saturated carbocycles. The maximum atomic E-state index is 13.2. The lowest BCUT2D eigenvalue weighted by Crippen LogP contribution is -2.25. The van der Waals surface area contributed by atoms with Crippen LogP contribution in [0.2, 0.25) is 0 Å². The number of hydrogen-bond donors (Lipinski definition) is 1. The van der Waals surface area contributed by atoms with Crippen LogP contribution in [-0.4, -0.2) is 25.9 Å². The van der Waals surface area contributed by atoms with Gasteiger partial charge < -0.3 is 5.32 Å². The highest BCUT2D eigenvalue weighted by molar-refractivity contribution is 8.00. The van der Waals surface area contributed by atoms with Crippen LogP contribution >= 0.6 is 11.8 Å². The number of hydrogen-bond acceptors (Lipinski definition) is 5. The van der Waals surface area contributed by atoms with Crippen LogP contribution in [0.25, 0.3) is 0 Å². The van der Waals surface area contributed by atoms with Gasteiger partial charge >= 0.3 is 6.18 Å². The Labute approximate surface area is 158 Å². The minimum atomic E-state index is -4.68. The summed E-state index contributed by atoms with van der Waals surface area (Å²) in [6.45, 7) is 6.74. The molecule has 0 aliphatic heterocycles. The number of nitriles is 1. The summed E-state index contributed by atoms with van der Waals surface area (Å²) in [7, 11) is 0. The minimum absolute atomic E-state index is 0.0243. The number of halogens is 3. The molecule has 144 valence electrons. The largest absolute Gasteiger partial charge is 0.417 e. The van der Waals surface area contributed by atoms with Crippen LogP contribution in [0.15, 0.2) is 23.4 Å². The molecule has 6 nitrogen and oxygen atoms in total. The molecule has 0 aromatic carbocycles. The van der Waals surface area contributed by atoms with Crippen molar-refractivity contribution in [1.29, 1.82) is 5.26 Å². The SMILES string of the molecule is Cc1cc(C(F)(F)F)c(C#N)c(SC(C)C(=O)Nc2ccnn2C(C)C)n1. The Bertz CT molecular complexity index is 886. The van der Waals surface area contributed by atoms with Gasteiger partial charge in [0.2, 0.25) is 5.91 Å². The lowest BCUT2D eigenvalue weighted by atomic mass is 10.1. The maximum Gasteiger partial charge on any atom is 0.417 e. The van der Waals surface area contributed by atoms with Gasteiger partial charge in [-0.05, 0) is 33.8 Å². The van der Waals surface area contributed by atoms with E-state index in [4.69, 9.17) is 0 Å². The smallest absolute Gasteiger partial charge is 0.310 e. The third-order valence-electron chi connectivity index (χ3n) is 3.60. The molecular formula is C17H18F3N5OS. The van der Waals surface area contributed by atoms with Gasteiger partial charge in [0.1, 0.15) is 16.9 Å². The number of rotatable bonds is 5. The molecule has 27 heavy (non-hydrogen) atoms. The molecule has 0 bridgehead atoms. The van der Waals surface area contributed by atoms with Crippen molar-refractivity contribution in [2.75, 3.05) is 5.32 Å². The monoisotopic (exact) mass is 397 g/mol. The number of alkyl halides is 3. The van der Waals surface area contributed by atoms with Gasteiger partial charge in [-0.3, -0.25) is 4.79 Å². The van der Waals surface area contributed by atoms with Gasteiger partial charge in [-0.2, -0.15) is 23.5 Å². The highest BCUT2D eigenvalue weighted by Crippen LogP contribution is 2.37. The van der Waals surface area contributed by atoms with Crippen molar-refractivity contribution in [3.05, 3.63) is 35.2 Å². The first kappa shape index (κ1) is 20.8. The molecule has 0 saturated heterocycles. The number of aryl methyl sites for hydroxylation is 1.